The van der Waals surface area contributed by atoms with Gasteiger partial charge in [0, 0.05) is 24.1 Å². The highest BCUT2D eigenvalue weighted by Gasteiger charge is 2.19. The average molecular weight is 299 g/mol. The summed E-state index contributed by atoms with van der Waals surface area (Å²) in [5.74, 6) is 3.23. The van der Waals surface area contributed by atoms with Crippen LogP contribution in [0.2, 0.25) is 0 Å². The molecule has 0 aromatic heterocycles. The van der Waals surface area contributed by atoms with Crippen molar-refractivity contribution < 1.29 is 4.74 Å². The van der Waals surface area contributed by atoms with Crippen molar-refractivity contribution in [3.63, 3.8) is 0 Å². The summed E-state index contributed by atoms with van der Waals surface area (Å²) >= 11 is 2.00. The molecule has 0 spiro atoms. The predicted octanol–water partition coefficient (Wildman–Crippen LogP) is 3.95. The molecule has 3 heteroatoms. The van der Waals surface area contributed by atoms with Crippen LogP contribution in [0.5, 0.6) is 5.75 Å². The Morgan fingerprint density at radius 1 is 1.19 bits per heavy atom. The minimum atomic E-state index is 0.445. The van der Waals surface area contributed by atoms with Gasteiger partial charge in [0.1, 0.15) is 12.4 Å². The molecule has 0 radical (unpaired) electrons. The Balaban J connectivity index is 1.50. The predicted molar refractivity (Wildman–Crippen MR) is 90.0 cm³/mol. The van der Waals surface area contributed by atoms with E-state index in [-0.39, 0.29) is 0 Å². The van der Waals surface area contributed by atoms with E-state index in [1.165, 1.54) is 16.7 Å². The lowest BCUT2D eigenvalue weighted by Crippen LogP contribution is -2.30. The molecular formula is C18H21NOS. The van der Waals surface area contributed by atoms with E-state index in [1.807, 2.05) is 23.9 Å². The van der Waals surface area contributed by atoms with E-state index in [2.05, 4.69) is 48.6 Å². The summed E-state index contributed by atoms with van der Waals surface area (Å²) in [5, 5.41) is 3.62. The molecular weight excluding hydrogens is 278 g/mol. The molecule has 1 aliphatic heterocycles. The van der Waals surface area contributed by atoms with Gasteiger partial charge in [-0.05, 0) is 35.7 Å². The highest BCUT2D eigenvalue weighted by Crippen LogP contribution is 2.31. The first-order valence-electron chi connectivity index (χ1n) is 7.41. The van der Waals surface area contributed by atoms with Crippen LogP contribution in [0.3, 0.4) is 0 Å². The van der Waals surface area contributed by atoms with Crippen LogP contribution < -0.4 is 10.1 Å². The summed E-state index contributed by atoms with van der Waals surface area (Å²) in [6, 6.07) is 17.4. The molecule has 1 N–H and O–H groups in total. The second-order valence-electron chi connectivity index (χ2n) is 5.39. The van der Waals surface area contributed by atoms with Crippen LogP contribution in [0.25, 0.3) is 0 Å². The van der Waals surface area contributed by atoms with E-state index in [1.54, 1.807) is 0 Å². The molecule has 0 amide bonds. The Labute approximate surface area is 130 Å². The van der Waals surface area contributed by atoms with Gasteiger partial charge in [-0.1, -0.05) is 36.4 Å². The van der Waals surface area contributed by atoms with Crippen molar-refractivity contribution in [2.24, 2.45) is 0 Å². The smallest absolute Gasteiger partial charge is 0.119 e. The number of fused-ring (bicyclic) bond motifs is 1. The number of aryl methyl sites for hydroxylation is 1. The van der Waals surface area contributed by atoms with Crippen molar-refractivity contribution in [2.75, 3.05) is 18.9 Å². The molecule has 0 bridgehead atoms. The fourth-order valence-electron chi connectivity index (χ4n) is 2.66. The number of rotatable bonds is 5. The van der Waals surface area contributed by atoms with Crippen molar-refractivity contribution in [3.05, 3.63) is 65.2 Å². The van der Waals surface area contributed by atoms with E-state index in [0.29, 0.717) is 12.6 Å². The van der Waals surface area contributed by atoms with Crippen LogP contribution >= 0.6 is 11.8 Å². The Hall–Kier alpha value is -1.45. The second kappa shape index (κ2) is 7.01. The Kier molecular flexibility index (Phi) is 4.84. The van der Waals surface area contributed by atoms with E-state index in [4.69, 9.17) is 4.74 Å². The Morgan fingerprint density at radius 3 is 3.00 bits per heavy atom. The lowest BCUT2D eigenvalue weighted by atomic mass is 10.0. The third kappa shape index (κ3) is 3.80. The van der Waals surface area contributed by atoms with E-state index in [0.717, 1.165) is 23.8 Å². The van der Waals surface area contributed by atoms with Gasteiger partial charge in [0.2, 0.25) is 0 Å². The van der Waals surface area contributed by atoms with Gasteiger partial charge in [0.05, 0.1) is 0 Å². The molecule has 1 unspecified atom stereocenters. The van der Waals surface area contributed by atoms with E-state index in [9.17, 15) is 0 Å². The number of thioether (sulfide) groups is 1. The molecule has 1 aliphatic rings. The van der Waals surface area contributed by atoms with Gasteiger partial charge in [-0.3, -0.25) is 0 Å². The molecule has 2 nitrogen and oxygen atoms in total. The summed E-state index contributed by atoms with van der Waals surface area (Å²) in [6.07, 6.45) is 0. The topological polar surface area (TPSA) is 21.3 Å². The van der Waals surface area contributed by atoms with Crippen molar-refractivity contribution in [1.29, 1.82) is 0 Å². The lowest BCUT2D eigenvalue weighted by Gasteiger charge is -2.26. The first-order chi connectivity index (χ1) is 10.3. The van der Waals surface area contributed by atoms with Crippen molar-refractivity contribution in [2.45, 2.75) is 18.7 Å². The second-order valence-corrected chi connectivity index (χ2v) is 6.42. The van der Waals surface area contributed by atoms with Crippen LogP contribution in [-0.2, 0) is 5.75 Å². The van der Waals surface area contributed by atoms with Gasteiger partial charge in [-0.15, -0.1) is 0 Å². The van der Waals surface area contributed by atoms with Gasteiger partial charge in [-0.2, -0.15) is 11.8 Å². The zero-order chi connectivity index (χ0) is 14.5. The number of ether oxygens (including phenoxy) is 1. The third-order valence-electron chi connectivity index (χ3n) is 3.72. The molecule has 1 atom stereocenters. The van der Waals surface area contributed by atoms with Crippen LogP contribution in [0, 0.1) is 6.92 Å². The molecule has 2 aromatic rings. The number of hydrogen-bond donors (Lipinski definition) is 1. The molecule has 21 heavy (non-hydrogen) atoms. The molecule has 3 rings (SSSR count). The molecule has 110 valence electrons. The maximum atomic E-state index is 5.80. The first-order valence-corrected chi connectivity index (χ1v) is 8.57. The summed E-state index contributed by atoms with van der Waals surface area (Å²) < 4.78 is 5.80. The van der Waals surface area contributed by atoms with E-state index < -0.39 is 0 Å². The maximum absolute atomic E-state index is 5.80. The van der Waals surface area contributed by atoms with Gasteiger partial charge < -0.3 is 10.1 Å². The highest BCUT2D eigenvalue weighted by molar-refractivity contribution is 7.98. The van der Waals surface area contributed by atoms with Gasteiger partial charge in [0.15, 0.2) is 0 Å². The molecule has 2 aromatic carbocycles. The van der Waals surface area contributed by atoms with Gasteiger partial charge in [-0.25, -0.2) is 0 Å². The zero-order valence-corrected chi connectivity index (χ0v) is 13.2. The monoisotopic (exact) mass is 299 g/mol. The fourth-order valence-corrected chi connectivity index (χ4v) is 3.79. The van der Waals surface area contributed by atoms with Crippen LogP contribution in [0.1, 0.15) is 22.7 Å². The summed E-state index contributed by atoms with van der Waals surface area (Å²) in [4.78, 5) is 0. The Bertz CT molecular complexity index is 599. The number of benzene rings is 2. The normalized spacial score (nSPS) is 17.3. The van der Waals surface area contributed by atoms with Gasteiger partial charge in [0.25, 0.3) is 0 Å². The summed E-state index contributed by atoms with van der Waals surface area (Å²) in [7, 11) is 0. The minimum Gasteiger partial charge on any atom is -0.492 e. The van der Waals surface area contributed by atoms with Crippen molar-refractivity contribution in [3.8, 4) is 5.75 Å². The standard InChI is InChI=1S/C18H21NOS/c1-14-5-4-7-16(11-14)20-10-9-19-18-13-21-12-15-6-2-3-8-17(15)18/h2-8,11,18-19H,9-10,12-13H2,1H3. The average Bonchev–Trinajstić information content (AvgIpc) is 2.52. The summed E-state index contributed by atoms with van der Waals surface area (Å²) in [6.45, 7) is 3.65. The highest BCUT2D eigenvalue weighted by atomic mass is 32.2. The molecule has 0 fully saturated rings. The molecule has 0 aliphatic carbocycles. The molecule has 0 saturated carbocycles. The van der Waals surface area contributed by atoms with Crippen molar-refractivity contribution >= 4 is 11.8 Å². The van der Waals surface area contributed by atoms with Crippen LogP contribution in [0.15, 0.2) is 48.5 Å². The first kappa shape index (κ1) is 14.5. The maximum Gasteiger partial charge on any atom is 0.119 e. The van der Waals surface area contributed by atoms with E-state index >= 15 is 0 Å². The zero-order valence-electron chi connectivity index (χ0n) is 12.3. The van der Waals surface area contributed by atoms with Crippen LogP contribution in [0.4, 0.5) is 0 Å². The number of nitrogens with one attached hydrogen (secondary N) is 1. The SMILES string of the molecule is Cc1cccc(OCCNC2CSCc3ccccc32)c1. The largest absolute Gasteiger partial charge is 0.492 e. The van der Waals surface area contributed by atoms with Crippen LogP contribution in [-0.4, -0.2) is 18.9 Å². The minimum absolute atomic E-state index is 0.445. The van der Waals surface area contributed by atoms with Gasteiger partial charge >= 0.3 is 0 Å². The summed E-state index contributed by atoms with van der Waals surface area (Å²) in [5.41, 5.74) is 4.15. The molecule has 0 saturated heterocycles. The number of hydrogen-bond acceptors (Lipinski definition) is 3. The third-order valence-corrected chi connectivity index (χ3v) is 4.81. The Morgan fingerprint density at radius 2 is 2.10 bits per heavy atom. The fraction of sp³-hybridized carbons (Fsp3) is 0.333. The van der Waals surface area contributed by atoms with Crippen molar-refractivity contribution in [1.82, 2.24) is 5.32 Å². The molecule has 1 heterocycles. The lowest BCUT2D eigenvalue weighted by molar-refractivity contribution is 0.307. The quantitative estimate of drug-likeness (QED) is 0.845.